The standard InChI is InChI=1S/C36H42BrN3O7/c1-6-44-29-15-10-23(19-30(29)45-7-2)18-28-27-21-32(47-9-4)31(46-8-3)20-24(27)16-17-39(28)33(41)22-40-34(42)36(5,38-35(40)43)25-11-13-26(37)14-12-25/h10-15,19-21,28H,6-9,16-18,22H2,1-5H3,(H,38,43). The Hall–Kier alpha value is -4.25. The van der Waals surface area contributed by atoms with Crippen molar-refractivity contribution in [2.24, 2.45) is 0 Å². The first kappa shape index (κ1) is 34.1. The number of halogens is 1. The van der Waals surface area contributed by atoms with Gasteiger partial charge in [-0.3, -0.25) is 14.5 Å². The van der Waals surface area contributed by atoms with E-state index in [2.05, 4.69) is 21.2 Å². The molecule has 1 N–H and O–H groups in total. The van der Waals surface area contributed by atoms with E-state index in [4.69, 9.17) is 18.9 Å². The van der Waals surface area contributed by atoms with Crippen LogP contribution in [-0.4, -0.2) is 67.2 Å². The minimum atomic E-state index is -1.29. The Morgan fingerprint density at radius 3 is 2.09 bits per heavy atom. The SMILES string of the molecule is CCOc1ccc(CC2c3cc(OCC)c(OCC)cc3CCN2C(=O)CN2C(=O)NC(C)(c3ccc(Br)cc3)C2=O)cc1OCC. The molecule has 4 amide bonds. The lowest BCUT2D eigenvalue weighted by Gasteiger charge is -2.38. The molecule has 2 aliphatic rings. The van der Waals surface area contributed by atoms with Gasteiger partial charge in [0.15, 0.2) is 23.0 Å². The Bertz CT molecular complexity index is 1630. The molecular weight excluding hydrogens is 666 g/mol. The van der Waals surface area contributed by atoms with E-state index in [0.717, 1.165) is 26.1 Å². The van der Waals surface area contributed by atoms with Crippen molar-refractivity contribution in [3.05, 3.63) is 81.3 Å². The molecule has 10 nitrogen and oxygen atoms in total. The molecule has 2 atom stereocenters. The zero-order valence-corrected chi connectivity index (χ0v) is 29.1. The summed E-state index contributed by atoms with van der Waals surface area (Å²) in [6.07, 6.45) is 1.04. The average molecular weight is 709 g/mol. The Balaban J connectivity index is 1.49. The van der Waals surface area contributed by atoms with Crippen LogP contribution in [0.4, 0.5) is 4.79 Å². The lowest BCUT2D eigenvalue weighted by Crippen LogP contribution is -2.48. The number of carbonyl (C=O) groups excluding carboxylic acids is 3. The maximum atomic E-state index is 14.2. The van der Waals surface area contributed by atoms with E-state index in [1.807, 2.05) is 70.2 Å². The summed E-state index contributed by atoms with van der Waals surface area (Å²) in [5, 5.41) is 2.81. The van der Waals surface area contributed by atoms with Crippen LogP contribution >= 0.6 is 15.9 Å². The molecule has 3 aromatic rings. The van der Waals surface area contributed by atoms with Gasteiger partial charge in [-0.2, -0.15) is 0 Å². The van der Waals surface area contributed by atoms with Crippen LogP contribution in [0.5, 0.6) is 23.0 Å². The number of urea groups is 1. The fourth-order valence-electron chi connectivity index (χ4n) is 6.26. The van der Waals surface area contributed by atoms with Gasteiger partial charge in [0, 0.05) is 11.0 Å². The van der Waals surface area contributed by atoms with Crippen LogP contribution in [-0.2, 0) is 28.0 Å². The molecule has 0 radical (unpaired) electrons. The van der Waals surface area contributed by atoms with Crippen molar-refractivity contribution in [2.75, 3.05) is 39.5 Å². The fourth-order valence-corrected chi connectivity index (χ4v) is 6.52. The van der Waals surface area contributed by atoms with Crippen molar-refractivity contribution in [1.29, 1.82) is 0 Å². The number of hydrogen-bond donors (Lipinski definition) is 1. The number of nitrogens with zero attached hydrogens (tertiary/aromatic N) is 2. The number of ether oxygens (including phenoxy) is 4. The first-order valence-corrected chi connectivity index (χ1v) is 16.9. The average Bonchev–Trinajstić information content (AvgIpc) is 3.27. The number of fused-ring (bicyclic) bond motifs is 1. The number of hydrogen-bond acceptors (Lipinski definition) is 7. The summed E-state index contributed by atoms with van der Waals surface area (Å²) in [7, 11) is 0. The molecule has 47 heavy (non-hydrogen) atoms. The van der Waals surface area contributed by atoms with Crippen LogP contribution in [0, 0.1) is 0 Å². The predicted octanol–water partition coefficient (Wildman–Crippen LogP) is 6.18. The van der Waals surface area contributed by atoms with Crippen LogP contribution in [0.15, 0.2) is 59.1 Å². The molecule has 0 spiro atoms. The molecule has 11 heteroatoms. The smallest absolute Gasteiger partial charge is 0.325 e. The fraction of sp³-hybridized carbons (Fsp3) is 0.417. The van der Waals surface area contributed by atoms with E-state index in [-0.39, 0.29) is 12.5 Å². The third kappa shape index (κ3) is 7.05. The second-order valence-corrected chi connectivity index (χ2v) is 12.4. The van der Waals surface area contributed by atoms with Crippen molar-refractivity contribution in [3.63, 3.8) is 0 Å². The van der Waals surface area contributed by atoms with Crippen LogP contribution in [0.3, 0.4) is 0 Å². The van der Waals surface area contributed by atoms with E-state index in [1.54, 1.807) is 24.0 Å². The highest BCUT2D eigenvalue weighted by atomic mass is 79.9. The lowest BCUT2D eigenvalue weighted by atomic mass is 9.87. The van der Waals surface area contributed by atoms with Gasteiger partial charge in [-0.15, -0.1) is 0 Å². The van der Waals surface area contributed by atoms with E-state index in [9.17, 15) is 14.4 Å². The normalized spacial score (nSPS) is 18.9. The van der Waals surface area contributed by atoms with E-state index >= 15 is 0 Å². The van der Waals surface area contributed by atoms with Crippen molar-refractivity contribution in [1.82, 2.24) is 15.1 Å². The van der Waals surface area contributed by atoms with Crippen LogP contribution < -0.4 is 24.3 Å². The summed E-state index contributed by atoms with van der Waals surface area (Å²) in [4.78, 5) is 43.9. The number of rotatable bonds is 13. The summed E-state index contributed by atoms with van der Waals surface area (Å²) in [6, 6.07) is 16.0. The van der Waals surface area contributed by atoms with E-state index in [0.29, 0.717) is 74.4 Å². The second-order valence-electron chi connectivity index (χ2n) is 11.5. The van der Waals surface area contributed by atoms with Crippen molar-refractivity contribution in [3.8, 4) is 23.0 Å². The maximum absolute atomic E-state index is 14.2. The zero-order valence-electron chi connectivity index (χ0n) is 27.6. The Labute approximate surface area is 284 Å². The number of amides is 4. The summed E-state index contributed by atoms with van der Waals surface area (Å²) >= 11 is 3.41. The molecule has 1 fully saturated rings. The molecule has 0 saturated carbocycles. The first-order valence-electron chi connectivity index (χ1n) is 16.1. The zero-order chi connectivity index (χ0) is 33.7. The quantitative estimate of drug-likeness (QED) is 0.212. The molecule has 250 valence electrons. The Kier molecular flexibility index (Phi) is 10.6. The van der Waals surface area contributed by atoms with Crippen molar-refractivity contribution in [2.45, 2.75) is 59.0 Å². The van der Waals surface area contributed by atoms with Crippen LogP contribution in [0.25, 0.3) is 0 Å². The van der Waals surface area contributed by atoms with Gasteiger partial charge in [0.2, 0.25) is 5.91 Å². The molecule has 2 unspecified atom stereocenters. The topological polar surface area (TPSA) is 107 Å². The highest BCUT2D eigenvalue weighted by Gasteiger charge is 2.50. The molecule has 2 aliphatic heterocycles. The molecular formula is C36H42BrN3O7. The van der Waals surface area contributed by atoms with Gasteiger partial charge in [0.1, 0.15) is 12.1 Å². The second kappa shape index (κ2) is 14.7. The van der Waals surface area contributed by atoms with Crippen molar-refractivity contribution >= 4 is 33.8 Å². The predicted molar refractivity (Wildman–Crippen MR) is 181 cm³/mol. The Morgan fingerprint density at radius 1 is 0.851 bits per heavy atom. The molecule has 2 heterocycles. The molecule has 1 saturated heterocycles. The van der Waals surface area contributed by atoms with Gasteiger partial charge in [-0.25, -0.2) is 4.79 Å². The first-order chi connectivity index (χ1) is 22.6. The van der Waals surface area contributed by atoms with Gasteiger partial charge in [0.25, 0.3) is 5.91 Å². The highest BCUT2D eigenvalue weighted by Crippen LogP contribution is 2.41. The largest absolute Gasteiger partial charge is 0.490 e. The summed E-state index contributed by atoms with van der Waals surface area (Å²) < 4.78 is 24.4. The summed E-state index contributed by atoms with van der Waals surface area (Å²) in [5.74, 6) is 1.76. The van der Waals surface area contributed by atoms with Gasteiger partial charge in [-0.05, 0) is 106 Å². The third-order valence-corrected chi connectivity index (χ3v) is 9.04. The van der Waals surface area contributed by atoms with Gasteiger partial charge < -0.3 is 29.2 Å². The number of benzene rings is 3. The monoisotopic (exact) mass is 707 g/mol. The molecule has 0 aromatic heterocycles. The molecule has 0 aliphatic carbocycles. The van der Waals surface area contributed by atoms with Crippen LogP contribution in [0.1, 0.15) is 62.9 Å². The Morgan fingerprint density at radius 2 is 1.45 bits per heavy atom. The maximum Gasteiger partial charge on any atom is 0.325 e. The molecule has 5 rings (SSSR count). The van der Waals surface area contributed by atoms with Gasteiger partial charge >= 0.3 is 6.03 Å². The summed E-state index contributed by atoms with van der Waals surface area (Å²) in [5.41, 5.74) is 2.27. The van der Waals surface area contributed by atoms with E-state index < -0.39 is 23.5 Å². The number of nitrogens with one attached hydrogen (secondary N) is 1. The molecule has 3 aromatic carbocycles. The number of carbonyl (C=O) groups is 3. The lowest BCUT2D eigenvalue weighted by molar-refractivity contribution is -0.140. The van der Waals surface area contributed by atoms with Crippen LogP contribution in [0.2, 0.25) is 0 Å². The van der Waals surface area contributed by atoms with E-state index in [1.165, 1.54) is 0 Å². The minimum absolute atomic E-state index is 0.327. The highest BCUT2D eigenvalue weighted by molar-refractivity contribution is 9.10. The van der Waals surface area contributed by atoms with Gasteiger partial charge in [-0.1, -0.05) is 34.1 Å². The summed E-state index contributed by atoms with van der Waals surface area (Å²) in [6.45, 7) is 11.3. The van der Waals surface area contributed by atoms with Gasteiger partial charge in [0.05, 0.1) is 32.5 Å². The number of imide groups is 1. The third-order valence-electron chi connectivity index (χ3n) is 8.51. The minimum Gasteiger partial charge on any atom is -0.490 e. The van der Waals surface area contributed by atoms with Crippen molar-refractivity contribution < 1.29 is 33.3 Å². The molecule has 0 bridgehead atoms.